The highest BCUT2D eigenvalue weighted by atomic mass is 32.1. The quantitative estimate of drug-likeness (QED) is 0.589. The van der Waals surface area contributed by atoms with Crippen molar-refractivity contribution in [3.63, 3.8) is 0 Å². The first-order valence-electron chi connectivity index (χ1n) is 7.18. The zero-order valence-corrected chi connectivity index (χ0v) is 13.2. The van der Waals surface area contributed by atoms with Crippen LogP contribution in [-0.4, -0.2) is 20.3 Å². The van der Waals surface area contributed by atoms with Gasteiger partial charge in [-0.05, 0) is 24.4 Å². The predicted molar refractivity (Wildman–Crippen MR) is 91.2 cm³/mol. The largest absolute Gasteiger partial charge is 0.358 e. The maximum Gasteiger partial charge on any atom is 0.262 e. The summed E-state index contributed by atoms with van der Waals surface area (Å²) < 4.78 is 1.37. The van der Waals surface area contributed by atoms with Crippen molar-refractivity contribution in [2.24, 2.45) is 0 Å². The third-order valence-electron chi connectivity index (χ3n) is 3.94. The number of nitrogens with one attached hydrogen (secondary N) is 1. The molecule has 3 heterocycles. The summed E-state index contributed by atoms with van der Waals surface area (Å²) in [4.78, 5) is 33.3. The fourth-order valence-electron chi connectivity index (χ4n) is 2.88. The van der Waals surface area contributed by atoms with Crippen LogP contribution in [0.4, 0.5) is 0 Å². The van der Waals surface area contributed by atoms with Crippen molar-refractivity contribution < 1.29 is 4.79 Å². The molecular formula is C17H13N3O2S. The number of aryl methyl sites for hydroxylation is 1. The van der Waals surface area contributed by atoms with E-state index in [9.17, 15) is 9.59 Å². The average molecular weight is 323 g/mol. The Hall–Kier alpha value is -2.73. The molecule has 0 amide bonds. The number of carbonyl (C=O) groups excluding carboxylic acids is 1. The number of benzene rings is 1. The molecule has 0 unspecified atom stereocenters. The highest BCUT2D eigenvalue weighted by molar-refractivity contribution is 7.16. The van der Waals surface area contributed by atoms with Gasteiger partial charge in [0.25, 0.3) is 5.56 Å². The lowest BCUT2D eigenvalue weighted by Gasteiger charge is -2.05. The van der Waals surface area contributed by atoms with E-state index in [1.165, 1.54) is 22.2 Å². The number of aromatic amines is 1. The zero-order chi connectivity index (χ0) is 16.0. The number of nitrogens with zero attached hydrogens (tertiary/aromatic N) is 2. The SMILES string of the molecule is Cc1[nH]c2ccccc2c1C(=O)Cn1cnc2sccc2c1=O. The van der Waals surface area contributed by atoms with Crippen LogP contribution in [0.2, 0.25) is 0 Å². The standard InChI is InChI=1S/C17H13N3O2S/c1-10-15(11-4-2-3-5-13(11)19-10)14(21)8-20-9-18-16-12(17(20)22)6-7-23-16/h2-7,9,19H,8H2,1H3. The summed E-state index contributed by atoms with van der Waals surface area (Å²) in [6.07, 6.45) is 1.45. The molecule has 0 saturated heterocycles. The smallest absolute Gasteiger partial charge is 0.262 e. The molecule has 6 heteroatoms. The number of aromatic nitrogens is 3. The van der Waals surface area contributed by atoms with Gasteiger partial charge in [0.2, 0.25) is 0 Å². The van der Waals surface area contributed by atoms with Crippen molar-refractivity contribution in [3.8, 4) is 0 Å². The molecule has 114 valence electrons. The number of para-hydroxylation sites is 1. The van der Waals surface area contributed by atoms with Crippen LogP contribution in [0.3, 0.4) is 0 Å². The summed E-state index contributed by atoms with van der Waals surface area (Å²) in [7, 11) is 0. The van der Waals surface area contributed by atoms with Gasteiger partial charge in [-0.3, -0.25) is 14.2 Å². The number of hydrogen-bond donors (Lipinski definition) is 1. The van der Waals surface area contributed by atoms with Gasteiger partial charge >= 0.3 is 0 Å². The second-order valence-corrected chi connectivity index (χ2v) is 6.31. The fraction of sp³-hybridized carbons (Fsp3) is 0.118. The van der Waals surface area contributed by atoms with Crippen molar-refractivity contribution >= 4 is 38.2 Å². The first kappa shape index (κ1) is 13.9. The number of thiophene rings is 1. The van der Waals surface area contributed by atoms with Crippen molar-refractivity contribution in [1.82, 2.24) is 14.5 Å². The van der Waals surface area contributed by atoms with E-state index in [0.29, 0.717) is 15.8 Å². The Kier molecular flexibility index (Phi) is 3.12. The van der Waals surface area contributed by atoms with E-state index in [2.05, 4.69) is 9.97 Å². The summed E-state index contributed by atoms with van der Waals surface area (Å²) in [5.74, 6) is -0.0987. The summed E-state index contributed by atoms with van der Waals surface area (Å²) in [5.41, 5.74) is 2.20. The van der Waals surface area contributed by atoms with E-state index in [0.717, 1.165) is 16.6 Å². The van der Waals surface area contributed by atoms with E-state index < -0.39 is 0 Å². The third kappa shape index (κ3) is 2.19. The molecule has 1 aromatic carbocycles. The number of ketones is 1. The van der Waals surface area contributed by atoms with Crippen LogP contribution in [-0.2, 0) is 6.54 Å². The molecular weight excluding hydrogens is 310 g/mol. The van der Waals surface area contributed by atoms with Crippen LogP contribution in [0.5, 0.6) is 0 Å². The number of rotatable bonds is 3. The monoisotopic (exact) mass is 323 g/mol. The maximum absolute atomic E-state index is 12.7. The van der Waals surface area contributed by atoms with Gasteiger partial charge in [0.05, 0.1) is 18.3 Å². The molecule has 4 aromatic rings. The Morgan fingerprint density at radius 1 is 1.26 bits per heavy atom. The van der Waals surface area contributed by atoms with Crippen molar-refractivity contribution in [2.45, 2.75) is 13.5 Å². The molecule has 0 radical (unpaired) electrons. The number of H-pyrrole nitrogens is 1. The second kappa shape index (κ2) is 5.17. The Morgan fingerprint density at radius 3 is 2.96 bits per heavy atom. The summed E-state index contributed by atoms with van der Waals surface area (Å²) in [6.45, 7) is 1.86. The minimum atomic E-state index is -0.179. The van der Waals surface area contributed by atoms with Crippen molar-refractivity contribution in [1.29, 1.82) is 0 Å². The topological polar surface area (TPSA) is 67.8 Å². The second-order valence-electron chi connectivity index (χ2n) is 5.41. The average Bonchev–Trinajstić information content (AvgIpc) is 3.13. The van der Waals surface area contributed by atoms with Crippen molar-refractivity contribution in [3.05, 3.63) is 63.7 Å². The fourth-order valence-corrected chi connectivity index (χ4v) is 3.60. The van der Waals surface area contributed by atoms with Gasteiger partial charge in [0, 0.05) is 22.2 Å². The summed E-state index contributed by atoms with van der Waals surface area (Å²) in [6, 6.07) is 9.41. The molecule has 1 N–H and O–H groups in total. The predicted octanol–water partition coefficient (Wildman–Crippen LogP) is 3.13. The van der Waals surface area contributed by atoms with Crippen LogP contribution in [0.1, 0.15) is 16.1 Å². The summed E-state index contributed by atoms with van der Waals surface area (Å²) in [5, 5.41) is 3.27. The van der Waals surface area contributed by atoms with Crippen molar-refractivity contribution in [2.75, 3.05) is 0 Å². The lowest BCUT2D eigenvalue weighted by Crippen LogP contribution is -2.24. The van der Waals surface area contributed by atoms with Gasteiger partial charge in [-0.1, -0.05) is 18.2 Å². The summed E-state index contributed by atoms with van der Waals surface area (Å²) >= 11 is 1.42. The van der Waals surface area contributed by atoms with E-state index >= 15 is 0 Å². The van der Waals surface area contributed by atoms with Gasteiger partial charge in [0.15, 0.2) is 5.78 Å². The van der Waals surface area contributed by atoms with Crippen LogP contribution in [0, 0.1) is 6.92 Å². The molecule has 0 spiro atoms. The van der Waals surface area contributed by atoms with E-state index in [1.807, 2.05) is 36.6 Å². The molecule has 0 atom stereocenters. The first-order valence-corrected chi connectivity index (χ1v) is 8.06. The number of fused-ring (bicyclic) bond motifs is 2. The van der Waals surface area contributed by atoms with Gasteiger partial charge < -0.3 is 4.98 Å². The molecule has 23 heavy (non-hydrogen) atoms. The van der Waals surface area contributed by atoms with E-state index in [1.54, 1.807) is 6.07 Å². The molecule has 0 aliphatic heterocycles. The third-order valence-corrected chi connectivity index (χ3v) is 4.76. The van der Waals surface area contributed by atoms with E-state index in [-0.39, 0.29) is 17.9 Å². The highest BCUT2D eigenvalue weighted by Crippen LogP contribution is 2.22. The minimum Gasteiger partial charge on any atom is -0.358 e. The van der Waals surface area contributed by atoms with Crippen LogP contribution in [0.25, 0.3) is 21.1 Å². The van der Waals surface area contributed by atoms with Gasteiger partial charge in [0.1, 0.15) is 4.83 Å². The molecule has 0 aliphatic carbocycles. The lowest BCUT2D eigenvalue weighted by atomic mass is 10.1. The molecule has 3 aromatic heterocycles. The Labute approximate surface area is 135 Å². The maximum atomic E-state index is 12.7. The van der Waals surface area contributed by atoms with E-state index in [4.69, 9.17) is 0 Å². The Morgan fingerprint density at radius 2 is 2.09 bits per heavy atom. The normalized spacial score (nSPS) is 11.3. The molecule has 0 bridgehead atoms. The molecule has 5 nitrogen and oxygen atoms in total. The lowest BCUT2D eigenvalue weighted by molar-refractivity contribution is 0.0971. The minimum absolute atomic E-state index is 0.0136. The Bertz CT molecular complexity index is 1100. The number of hydrogen-bond acceptors (Lipinski definition) is 4. The zero-order valence-electron chi connectivity index (χ0n) is 12.4. The molecule has 0 saturated carbocycles. The van der Waals surface area contributed by atoms with Crippen LogP contribution in [0.15, 0.2) is 46.8 Å². The van der Waals surface area contributed by atoms with Gasteiger partial charge in [-0.15, -0.1) is 11.3 Å². The van der Waals surface area contributed by atoms with Crippen LogP contribution < -0.4 is 5.56 Å². The molecule has 4 rings (SSSR count). The Balaban J connectivity index is 1.78. The van der Waals surface area contributed by atoms with Gasteiger partial charge in [-0.2, -0.15) is 0 Å². The van der Waals surface area contributed by atoms with Crippen LogP contribution >= 0.6 is 11.3 Å². The number of carbonyl (C=O) groups is 1. The number of Topliss-reactive ketones (excluding diaryl/α,β-unsaturated/α-hetero) is 1. The molecule has 0 aliphatic rings. The highest BCUT2D eigenvalue weighted by Gasteiger charge is 2.17. The first-order chi connectivity index (χ1) is 11.1. The molecule has 0 fully saturated rings. The van der Waals surface area contributed by atoms with Gasteiger partial charge in [-0.25, -0.2) is 4.98 Å².